The predicted molar refractivity (Wildman–Crippen MR) is 154 cm³/mol. The summed E-state index contributed by atoms with van der Waals surface area (Å²) in [5, 5.41) is 33.0. The van der Waals surface area contributed by atoms with Gasteiger partial charge in [-0.25, -0.2) is 0 Å². The Hall–Kier alpha value is -1.95. The van der Waals surface area contributed by atoms with E-state index in [0.29, 0.717) is 6.42 Å². The number of aliphatic hydroxyl groups excluding tert-OH is 3. The number of ketones is 1. The smallest absolute Gasteiger partial charge is 0.308 e. The summed E-state index contributed by atoms with van der Waals surface area (Å²) >= 11 is 0. The van der Waals surface area contributed by atoms with Gasteiger partial charge in [-0.05, 0) is 52.8 Å². The molecule has 2 aliphatic heterocycles. The van der Waals surface area contributed by atoms with E-state index in [0.717, 1.165) is 11.9 Å². The number of ether oxygens (including phenoxy) is 3. The number of carbonyl (C=O) groups excluding carboxylic acids is 3. The maximum Gasteiger partial charge on any atom is 0.308 e. The highest BCUT2D eigenvalue weighted by molar-refractivity contribution is 5.91. The fraction of sp³-hybridized carbons (Fsp3) is 0.774. The minimum absolute atomic E-state index is 0.0277. The van der Waals surface area contributed by atoms with Crippen molar-refractivity contribution in [1.29, 1.82) is 0 Å². The van der Waals surface area contributed by atoms with Gasteiger partial charge < -0.3 is 39.2 Å². The summed E-state index contributed by atoms with van der Waals surface area (Å²) in [5.74, 6) is -2.48. The summed E-state index contributed by atoms with van der Waals surface area (Å²) in [6, 6.07) is -0.690. The second-order valence-corrected chi connectivity index (χ2v) is 12.1. The fourth-order valence-electron chi connectivity index (χ4n) is 5.92. The number of esters is 1. The van der Waals surface area contributed by atoms with Crippen molar-refractivity contribution < 1.29 is 43.9 Å². The Balaban J connectivity index is 2.50. The number of allylic oxidation sites excluding steroid dienone is 3. The average Bonchev–Trinajstić information content (AvgIpc) is 2.90. The molecule has 0 saturated carbocycles. The highest BCUT2D eigenvalue weighted by Crippen LogP contribution is 2.34. The van der Waals surface area contributed by atoms with Gasteiger partial charge >= 0.3 is 5.97 Å². The van der Waals surface area contributed by atoms with Gasteiger partial charge in [0.25, 0.3) is 0 Å². The Morgan fingerprint density at radius 3 is 2.32 bits per heavy atom. The normalized spacial score (nSPS) is 42.3. The molecule has 10 nitrogen and oxygen atoms in total. The third-order valence-corrected chi connectivity index (χ3v) is 8.51. The first-order chi connectivity index (χ1) is 19.2. The van der Waals surface area contributed by atoms with Gasteiger partial charge in [0.15, 0.2) is 12.1 Å². The Labute approximate surface area is 244 Å². The van der Waals surface area contributed by atoms with Crippen molar-refractivity contribution in [3.05, 3.63) is 23.8 Å². The van der Waals surface area contributed by atoms with E-state index < -0.39 is 72.7 Å². The van der Waals surface area contributed by atoms with E-state index in [9.17, 15) is 29.7 Å². The molecule has 0 aromatic carbocycles. The van der Waals surface area contributed by atoms with Crippen LogP contribution in [0.2, 0.25) is 0 Å². The van der Waals surface area contributed by atoms with E-state index in [2.05, 4.69) is 0 Å². The molecule has 1 saturated heterocycles. The van der Waals surface area contributed by atoms with Crippen LogP contribution in [-0.2, 0) is 28.6 Å². The lowest BCUT2D eigenvalue weighted by Gasteiger charge is -2.46. The first-order valence-corrected chi connectivity index (χ1v) is 14.8. The van der Waals surface area contributed by atoms with E-state index in [1.165, 1.54) is 6.08 Å². The standard InChI is InChI=1S/C31H51NO9/c1-9-25-19(4)14-17(2)10-11-23(34)18(3)15-22(12-13-33)30(20(5)24(35)16-26(36)40-25)41-31-29(38)27(32(7)8)28(37)21(6)39-31/h10-11,13-14,18-22,24-25,27-31,35,37-38H,9,12,15-16H2,1-8H3/b11-10+,17-14+/t18-,19+,20+,21-,22+,24-,25-,27+,28+,29-,30-,31+/m1/s1. The lowest BCUT2D eigenvalue weighted by molar-refractivity contribution is -0.304. The van der Waals surface area contributed by atoms with Gasteiger partial charge in [0.2, 0.25) is 0 Å². The molecule has 0 unspecified atom stereocenters. The lowest BCUT2D eigenvalue weighted by Crippen LogP contribution is -2.63. The van der Waals surface area contributed by atoms with Crippen LogP contribution in [0.3, 0.4) is 0 Å². The zero-order valence-corrected chi connectivity index (χ0v) is 25.8. The topological polar surface area (TPSA) is 143 Å². The largest absolute Gasteiger partial charge is 0.462 e. The Morgan fingerprint density at radius 2 is 1.73 bits per heavy atom. The Morgan fingerprint density at radius 1 is 1.07 bits per heavy atom. The molecule has 0 amide bonds. The Bertz CT molecular complexity index is 935. The zero-order chi connectivity index (χ0) is 31.0. The van der Waals surface area contributed by atoms with E-state index in [1.54, 1.807) is 45.8 Å². The quantitative estimate of drug-likeness (QED) is 0.316. The molecule has 41 heavy (non-hydrogen) atoms. The molecule has 0 aromatic rings. The summed E-state index contributed by atoms with van der Waals surface area (Å²) < 4.78 is 18.0. The summed E-state index contributed by atoms with van der Waals surface area (Å²) in [7, 11) is 3.46. The van der Waals surface area contributed by atoms with Crippen molar-refractivity contribution in [2.24, 2.45) is 23.7 Å². The van der Waals surface area contributed by atoms with Gasteiger partial charge in [-0.15, -0.1) is 0 Å². The minimum Gasteiger partial charge on any atom is -0.462 e. The maximum atomic E-state index is 13.1. The summed E-state index contributed by atoms with van der Waals surface area (Å²) in [5.41, 5.74) is 0.856. The second kappa shape index (κ2) is 16.0. The number of nitrogens with zero attached hydrogens (tertiary/aromatic N) is 1. The number of cyclic esters (lactones) is 1. The molecule has 0 aliphatic carbocycles. The van der Waals surface area contributed by atoms with Crippen LogP contribution in [-0.4, -0.2) is 101 Å². The van der Waals surface area contributed by atoms with E-state index >= 15 is 0 Å². The van der Waals surface area contributed by atoms with Gasteiger partial charge in [-0.1, -0.05) is 45.4 Å². The summed E-state index contributed by atoms with van der Waals surface area (Å²) in [6.45, 7) is 10.9. The highest BCUT2D eigenvalue weighted by atomic mass is 16.7. The molecule has 10 heteroatoms. The molecule has 0 spiro atoms. The number of aliphatic hydroxyl groups is 3. The van der Waals surface area contributed by atoms with Crippen molar-refractivity contribution in [3.63, 3.8) is 0 Å². The SMILES string of the molecule is CC[C@H]1OC(=O)C[C@@H](O)[C@H](C)[C@@H](O[C@@H]2O[C@H](C)[C@H](O)[C@H](N(C)C)[C@H]2O)[C@@H](CC=O)C[C@@H](C)C(=O)/C=C/C(C)=C/[C@@H]1C. The number of rotatable bonds is 6. The molecule has 0 bridgehead atoms. The molecule has 0 aromatic heterocycles. The van der Waals surface area contributed by atoms with E-state index in [-0.39, 0.29) is 31.0 Å². The lowest BCUT2D eigenvalue weighted by atomic mass is 9.79. The highest BCUT2D eigenvalue weighted by Gasteiger charge is 2.47. The second-order valence-electron chi connectivity index (χ2n) is 12.1. The molecule has 12 atom stereocenters. The number of likely N-dealkylation sites (N-methyl/N-ethyl adjacent to an activating group) is 1. The van der Waals surface area contributed by atoms with Crippen LogP contribution < -0.4 is 0 Å². The minimum atomic E-state index is -1.24. The van der Waals surface area contributed by atoms with Crippen molar-refractivity contribution in [2.45, 2.75) is 116 Å². The van der Waals surface area contributed by atoms with Gasteiger partial charge in [0, 0.05) is 24.2 Å². The van der Waals surface area contributed by atoms with Crippen LogP contribution in [0.25, 0.3) is 0 Å². The molecule has 234 valence electrons. The van der Waals surface area contributed by atoms with Gasteiger partial charge in [0.05, 0.1) is 36.9 Å². The third kappa shape index (κ3) is 9.53. The van der Waals surface area contributed by atoms with Crippen molar-refractivity contribution in [3.8, 4) is 0 Å². The zero-order valence-electron chi connectivity index (χ0n) is 25.8. The first-order valence-electron chi connectivity index (χ1n) is 14.8. The number of aldehydes is 1. The van der Waals surface area contributed by atoms with Crippen molar-refractivity contribution in [1.82, 2.24) is 4.90 Å². The van der Waals surface area contributed by atoms with Crippen LogP contribution >= 0.6 is 0 Å². The maximum absolute atomic E-state index is 13.1. The monoisotopic (exact) mass is 581 g/mol. The summed E-state index contributed by atoms with van der Waals surface area (Å²) in [4.78, 5) is 39.5. The Kier molecular flexibility index (Phi) is 13.8. The van der Waals surface area contributed by atoms with Gasteiger partial charge in [-0.2, -0.15) is 0 Å². The summed E-state index contributed by atoms with van der Waals surface area (Å²) in [6.07, 6.45) is -0.0195. The third-order valence-electron chi connectivity index (χ3n) is 8.51. The molecule has 3 N–H and O–H groups in total. The number of hydrogen-bond acceptors (Lipinski definition) is 10. The van der Waals surface area contributed by atoms with Crippen LogP contribution in [0.4, 0.5) is 0 Å². The number of carbonyl (C=O) groups is 3. The molecule has 1 fully saturated rings. The molecule has 2 heterocycles. The van der Waals surface area contributed by atoms with Gasteiger partial charge in [0.1, 0.15) is 18.5 Å². The van der Waals surface area contributed by atoms with Crippen LogP contribution in [0.15, 0.2) is 23.8 Å². The first kappa shape index (κ1) is 35.2. The van der Waals surface area contributed by atoms with E-state index in [1.807, 2.05) is 26.8 Å². The van der Waals surface area contributed by atoms with Crippen LogP contribution in [0.1, 0.15) is 67.2 Å². The van der Waals surface area contributed by atoms with Crippen LogP contribution in [0.5, 0.6) is 0 Å². The van der Waals surface area contributed by atoms with Crippen molar-refractivity contribution in [2.75, 3.05) is 14.1 Å². The predicted octanol–water partition coefficient (Wildman–Crippen LogP) is 2.43. The molecule has 2 rings (SSSR count). The molecule has 0 radical (unpaired) electrons. The molecular formula is C31H51NO9. The van der Waals surface area contributed by atoms with Crippen molar-refractivity contribution >= 4 is 18.0 Å². The fourth-order valence-corrected chi connectivity index (χ4v) is 5.92. The number of hydrogen-bond donors (Lipinski definition) is 3. The average molecular weight is 582 g/mol. The van der Waals surface area contributed by atoms with E-state index in [4.69, 9.17) is 14.2 Å². The molecular weight excluding hydrogens is 530 g/mol. The molecule has 2 aliphatic rings. The van der Waals surface area contributed by atoms with Gasteiger partial charge in [-0.3, -0.25) is 9.59 Å². The van der Waals surface area contributed by atoms with Crippen LogP contribution in [0, 0.1) is 23.7 Å².